The molecule has 1 fully saturated rings. The van der Waals surface area contributed by atoms with Crippen LogP contribution in [0.2, 0.25) is 0 Å². The predicted octanol–water partition coefficient (Wildman–Crippen LogP) is 4.05. The molecule has 0 N–H and O–H groups in total. The summed E-state index contributed by atoms with van der Waals surface area (Å²) in [5.41, 5.74) is 0.629. The van der Waals surface area contributed by atoms with E-state index in [4.69, 9.17) is 4.74 Å². The summed E-state index contributed by atoms with van der Waals surface area (Å²) in [7, 11) is 0. The Morgan fingerprint density at radius 3 is 2.34 bits per heavy atom. The Labute approximate surface area is 185 Å². The number of hydrogen-bond donors (Lipinski definition) is 0. The smallest absolute Gasteiger partial charge is 0.340 e. The van der Waals surface area contributed by atoms with E-state index in [-0.39, 0.29) is 37.1 Å². The summed E-state index contributed by atoms with van der Waals surface area (Å²) in [6.45, 7) is 4.71. The van der Waals surface area contributed by atoms with E-state index >= 15 is 0 Å². The van der Waals surface area contributed by atoms with Crippen LogP contribution in [0.4, 0.5) is 14.5 Å². The second kappa shape index (κ2) is 10.3. The number of nitrogens with zero attached hydrogens (tertiary/aromatic N) is 2. The summed E-state index contributed by atoms with van der Waals surface area (Å²) in [6.07, 6.45) is 0.816. The lowest BCUT2D eigenvalue weighted by Gasteiger charge is -2.34. The van der Waals surface area contributed by atoms with Crippen LogP contribution in [0.15, 0.2) is 42.5 Å². The fourth-order valence-corrected chi connectivity index (χ4v) is 3.92. The van der Waals surface area contributed by atoms with Crippen LogP contribution < -0.4 is 4.90 Å². The Morgan fingerprint density at radius 2 is 1.72 bits per heavy atom. The number of esters is 1. The van der Waals surface area contributed by atoms with E-state index in [1.165, 1.54) is 4.90 Å². The zero-order valence-electron chi connectivity index (χ0n) is 18.1. The number of piperidine rings is 1. The largest absolute Gasteiger partial charge is 0.462 e. The molecule has 8 heteroatoms. The summed E-state index contributed by atoms with van der Waals surface area (Å²) in [4.78, 5) is 41.3. The number of likely N-dealkylation sites (tertiary alicyclic amines) is 1. The summed E-state index contributed by atoms with van der Waals surface area (Å²) in [5, 5.41) is 0. The Morgan fingerprint density at radius 1 is 1.03 bits per heavy atom. The topological polar surface area (TPSA) is 66.9 Å². The Kier molecular flexibility index (Phi) is 7.56. The lowest BCUT2D eigenvalue weighted by Crippen LogP contribution is -2.45. The van der Waals surface area contributed by atoms with Crippen molar-refractivity contribution < 1.29 is 27.9 Å². The summed E-state index contributed by atoms with van der Waals surface area (Å²) in [5.74, 6) is -3.13. The quantitative estimate of drug-likeness (QED) is 0.631. The van der Waals surface area contributed by atoms with Crippen molar-refractivity contribution in [1.82, 2.24) is 4.90 Å². The van der Waals surface area contributed by atoms with Gasteiger partial charge in [-0.05, 0) is 51.0 Å². The van der Waals surface area contributed by atoms with Crippen LogP contribution in [0.25, 0.3) is 0 Å². The number of benzene rings is 2. The predicted molar refractivity (Wildman–Crippen MR) is 115 cm³/mol. The van der Waals surface area contributed by atoms with Gasteiger partial charge in [0.1, 0.15) is 11.6 Å². The van der Waals surface area contributed by atoms with Crippen LogP contribution >= 0.6 is 0 Å². The molecule has 170 valence electrons. The number of para-hydroxylation sites is 1. The minimum absolute atomic E-state index is 0.135. The van der Waals surface area contributed by atoms with Crippen LogP contribution in [0.5, 0.6) is 0 Å². The molecular weight excluding hydrogens is 418 g/mol. The number of carbonyl (C=O) groups is 3. The normalized spacial score (nSPS) is 14.2. The molecular formula is C24H26F2N2O4. The van der Waals surface area contributed by atoms with Gasteiger partial charge in [0.2, 0.25) is 5.91 Å². The van der Waals surface area contributed by atoms with Crippen molar-refractivity contribution in [2.45, 2.75) is 26.7 Å². The molecule has 2 aromatic rings. The van der Waals surface area contributed by atoms with Crippen molar-refractivity contribution >= 4 is 23.5 Å². The van der Waals surface area contributed by atoms with E-state index in [0.717, 1.165) is 12.1 Å². The maximum Gasteiger partial charge on any atom is 0.340 e. The molecule has 6 nitrogen and oxygen atoms in total. The molecule has 0 unspecified atom stereocenters. The minimum Gasteiger partial charge on any atom is -0.462 e. The number of hydrogen-bond acceptors (Lipinski definition) is 4. The highest BCUT2D eigenvalue weighted by Gasteiger charge is 2.32. The number of amides is 2. The Bertz CT molecular complexity index is 1000. The van der Waals surface area contributed by atoms with E-state index in [0.29, 0.717) is 36.7 Å². The molecule has 2 amide bonds. The molecule has 0 radical (unpaired) electrons. The van der Waals surface area contributed by atoms with Gasteiger partial charge in [-0.25, -0.2) is 13.6 Å². The third-order valence-corrected chi connectivity index (χ3v) is 5.57. The average Bonchev–Trinajstić information content (AvgIpc) is 2.79. The van der Waals surface area contributed by atoms with Gasteiger partial charge in [-0.2, -0.15) is 0 Å². The van der Waals surface area contributed by atoms with Crippen molar-refractivity contribution in [3.8, 4) is 0 Å². The van der Waals surface area contributed by atoms with Crippen molar-refractivity contribution in [1.29, 1.82) is 0 Å². The number of carbonyl (C=O) groups excluding carboxylic acids is 3. The first-order valence-corrected chi connectivity index (χ1v) is 10.7. The van der Waals surface area contributed by atoms with Crippen LogP contribution in [-0.2, 0) is 9.53 Å². The van der Waals surface area contributed by atoms with Gasteiger partial charge in [0.15, 0.2) is 0 Å². The van der Waals surface area contributed by atoms with Gasteiger partial charge in [-0.1, -0.05) is 12.1 Å². The lowest BCUT2D eigenvalue weighted by molar-refractivity contribution is -0.123. The maximum atomic E-state index is 14.0. The van der Waals surface area contributed by atoms with Gasteiger partial charge in [0, 0.05) is 31.6 Å². The molecule has 0 bridgehead atoms. The van der Waals surface area contributed by atoms with E-state index in [9.17, 15) is 23.2 Å². The number of anilines is 1. The fourth-order valence-electron chi connectivity index (χ4n) is 3.92. The SMILES string of the molecule is CCOC(=O)c1ccccc1N(CC)C(=O)C1CCN(C(=O)c2ccc(F)cc2F)CC1. The zero-order valence-corrected chi connectivity index (χ0v) is 18.1. The monoisotopic (exact) mass is 444 g/mol. The molecule has 0 atom stereocenters. The van der Waals surface area contributed by atoms with Gasteiger partial charge in [0.05, 0.1) is 23.4 Å². The molecule has 0 saturated carbocycles. The van der Waals surface area contributed by atoms with Crippen LogP contribution in [0.1, 0.15) is 47.4 Å². The molecule has 32 heavy (non-hydrogen) atoms. The lowest BCUT2D eigenvalue weighted by atomic mass is 9.94. The van der Waals surface area contributed by atoms with Gasteiger partial charge < -0.3 is 14.5 Å². The first-order chi connectivity index (χ1) is 15.4. The average molecular weight is 444 g/mol. The second-order valence-electron chi connectivity index (χ2n) is 7.51. The highest BCUT2D eigenvalue weighted by atomic mass is 19.1. The Balaban J connectivity index is 1.70. The molecule has 1 saturated heterocycles. The van der Waals surface area contributed by atoms with Crippen LogP contribution in [-0.4, -0.2) is 48.9 Å². The third kappa shape index (κ3) is 4.95. The van der Waals surface area contributed by atoms with Gasteiger partial charge in [-0.3, -0.25) is 9.59 Å². The molecule has 0 aromatic heterocycles. The second-order valence-corrected chi connectivity index (χ2v) is 7.51. The zero-order chi connectivity index (χ0) is 23.3. The van der Waals surface area contributed by atoms with Gasteiger partial charge >= 0.3 is 5.97 Å². The highest BCUT2D eigenvalue weighted by molar-refractivity contribution is 6.03. The molecule has 1 heterocycles. The number of halogens is 2. The molecule has 0 spiro atoms. The standard InChI is InChI=1S/C24H26F2N2O4/c1-3-28(21-8-6-5-7-19(21)24(31)32-4-2)22(29)16-11-13-27(14-12-16)23(30)18-10-9-17(25)15-20(18)26/h5-10,15-16H,3-4,11-14H2,1-2H3. The molecule has 3 rings (SSSR count). The van der Waals surface area contributed by atoms with E-state index in [1.807, 2.05) is 6.92 Å². The van der Waals surface area contributed by atoms with Crippen LogP contribution in [0, 0.1) is 17.6 Å². The summed E-state index contributed by atoms with van der Waals surface area (Å²) in [6, 6.07) is 9.68. The number of rotatable bonds is 6. The van der Waals surface area contributed by atoms with Gasteiger partial charge in [-0.15, -0.1) is 0 Å². The Hall–Kier alpha value is -3.29. The minimum atomic E-state index is -0.902. The highest BCUT2D eigenvalue weighted by Crippen LogP contribution is 2.27. The van der Waals surface area contributed by atoms with E-state index in [1.54, 1.807) is 36.1 Å². The maximum absolute atomic E-state index is 14.0. The van der Waals surface area contributed by atoms with Crippen LogP contribution in [0.3, 0.4) is 0 Å². The third-order valence-electron chi connectivity index (χ3n) is 5.57. The van der Waals surface area contributed by atoms with Crippen molar-refractivity contribution in [2.75, 3.05) is 31.1 Å². The fraction of sp³-hybridized carbons (Fsp3) is 0.375. The summed E-state index contributed by atoms with van der Waals surface area (Å²) < 4.78 is 32.2. The molecule has 2 aromatic carbocycles. The van der Waals surface area contributed by atoms with Crippen molar-refractivity contribution in [3.05, 3.63) is 65.2 Å². The first kappa shape index (κ1) is 23.4. The molecule has 1 aliphatic heterocycles. The molecule has 1 aliphatic rings. The summed E-state index contributed by atoms with van der Waals surface area (Å²) >= 11 is 0. The molecule has 0 aliphatic carbocycles. The van der Waals surface area contributed by atoms with Crippen molar-refractivity contribution in [2.24, 2.45) is 5.92 Å². The number of ether oxygens (including phenoxy) is 1. The van der Waals surface area contributed by atoms with E-state index in [2.05, 4.69) is 0 Å². The van der Waals surface area contributed by atoms with Crippen molar-refractivity contribution in [3.63, 3.8) is 0 Å². The van der Waals surface area contributed by atoms with Gasteiger partial charge in [0.25, 0.3) is 5.91 Å². The van der Waals surface area contributed by atoms with E-state index < -0.39 is 23.5 Å². The first-order valence-electron chi connectivity index (χ1n) is 10.7.